The van der Waals surface area contributed by atoms with Crippen molar-refractivity contribution in [2.24, 2.45) is 0 Å². The maximum absolute atomic E-state index is 5.75. The zero-order valence-corrected chi connectivity index (χ0v) is 12.8. The summed E-state index contributed by atoms with van der Waals surface area (Å²) in [5.41, 5.74) is 1.36. The predicted molar refractivity (Wildman–Crippen MR) is 82.8 cm³/mol. The Bertz CT molecular complexity index is 360. The van der Waals surface area contributed by atoms with Crippen molar-refractivity contribution in [1.29, 1.82) is 0 Å². The quantitative estimate of drug-likeness (QED) is 0.795. The highest BCUT2D eigenvalue weighted by molar-refractivity contribution is 7.98. The van der Waals surface area contributed by atoms with Crippen LogP contribution in [0, 0.1) is 0 Å². The zero-order valence-electron chi connectivity index (χ0n) is 12.0. The van der Waals surface area contributed by atoms with E-state index in [0.29, 0.717) is 12.1 Å². The maximum atomic E-state index is 5.75. The van der Waals surface area contributed by atoms with Crippen LogP contribution in [0.3, 0.4) is 0 Å². The Morgan fingerprint density at radius 1 is 1.32 bits per heavy atom. The highest BCUT2D eigenvalue weighted by Gasteiger charge is 2.13. The zero-order chi connectivity index (χ0) is 13.5. The third-order valence-corrected chi connectivity index (χ3v) is 4.55. The van der Waals surface area contributed by atoms with Crippen molar-refractivity contribution in [3.05, 3.63) is 29.8 Å². The molecule has 1 aromatic carbocycles. The molecule has 1 aromatic rings. The Kier molecular flexibility index (Phi) is 6.21. The Morgan fingerprint density at radius 3 is 2.74 bits per heavy atom. The van der Waals surface area contributed by atoms with Gasteiger partial charge in [0.2, 0.25) is 0 Å². The molecule has 106 valence electrons. The van der Waals surface area contributed by atoms with Gasteiger partial charge < -0.3 is 10.1 Å². The molecule has 2 unspecified atom stereocenters. The number of hydrogen-bond donors (Lipinski definition) is 1. The molecule has 1 saturated heterocycles. The molecular weight excluding hydrogens is 254 g/mol. The van der Waals surface area contributed by atoms with Crippen LogP contribution in [0.2, 0.25) is 0 Å². The third-order valence-electron chi connectivity index (χ3n) is 3.81. The minimum atomic E-state index is 0.416. The average Bonchev–Trinajstić information content (AvgIpc) is 2.48. The van der Waals surface area contributed by atoms with Gasteiger partial charge in [-0.3, -0.25) is 0 Å². The lowest BCUT2D eigenvalue weighted by atomic mass is 10.1. The second kappa shape index (κ2) is 7.93. The first kappa shape index (κ1) is 14.9. The maximum Gasteiger partial charge on any atom is 0.0587 e. The Balaban J connectivity index is 1.72. The molecule has 3 heteroatoms. The molecule has 19 heavy (non-hydrogen) atoms. The van der Waals surface area contributed by atoms with Gasteiger partial charge in [-0.15, -0.1) is 11.8 Å². The normalized spacial score (nSPS) is 21.3. The molecule has 2 rings (SSSR count). The van der Waals surface area contributed by atoms with E-state index in [1.54, 1.807) is 11.8 Å². The highest BCUT2D eigenvalue weighted by Crippen LogP contribution is 2.19. The fourth-order valence-corrected chi connectivity index (χ4v) is 2.91. The van der Waals surface area contributed by atoms with Crippen molar-refractivity contribution in [2.75, 3.05) is 19.4 Å². The third kappa shape index (κ3) is 4.83. The van der Waals surface area contributed by atoms with Gasteiger partial charge in [0.05, 0.1) is 6.10 Å². The number of ether oxygens (including phenoxy) is 1. The summed E-state index contributed by atoms with van der Waals surface area (Å²) in [5.74, 6) is 0. The first-order valence-electron chi connectivity index (χ1n) is 7.28. The van der Waals surface area contributed by atoms with Crippen LogP contribution in [-0.2, 0) is 4.74 Å². The summed E-state index contributed by atoms with van der Waals surface area (Å²) in [6.45, 7) is 4.22. The fourth-order valence-electron chi connectivity index (χ4n) is 2.51. The van der Waals surface area contributed by atoms with Gasteiger partial charge >= 0.3 is 0 Å². The summed E-state index contributed by atoms with van der Waals surface area (Å²) in [5, 5.41) is 3.60. The first-order valence-corrected chi connectivity index (χ1v) is 8.51. The van der Waals surface area contributed by atoms with Crippen molar-refractivity contribution in [3.63, 3.8) is 0 Å². The van der Waals surface area contributed by atoms with E-state index < -0.39 is 0 Å². The molecule has 0 aliphatic carbocycles. The van der Waals surface area contributed by atoms with Gasteiger partial charge in [0, 0.05) is 17.5 Å². The molecular formula is C16H25NOS. The second-order valence-electron chi connectivity index (χ2n) is 5.23. The second-order valence-corrected chi connectivity index (χ2v) is 6.11. The average molecular weight is 279 g/mol. The molecule has 1 fully saturated rings. The number of hydrogen-bond acceptors (Lipinski definition) is 3. The van der Waals surface area contributed by atoms with Gasteiger partial charge in [0.15, 0.2) is 0 Å². The topological polar surface area (TPSA) is 21.3 Å². The van der Waals surface area contributed by atoms with E-state index in [2.05, 4.69) is 42.8 Å². The fraction of sp³-hybridized carbons (Fsp3) is 0.625. The van der Waals surface area contributed by atoms with Crippen molar-refractivity contribution >= 4 is 11.8 Å². The van der Waals surface area contributed by atoms with Gasteiger partial charge in [-0.1, -0.05) is 12.1 Å². The molecule has 1 aliphatic rings. The minimum Gasteiger partial charge on any atom is -0.378 e. The summed E-state index contributed by atoms with van der Waals surface area (Å²) in [6.07, 6.45) is 7.53. The summed E-state index contributed by atoms with van der Waals surface area (Å²) in [6, 6.07) is 9.26. The lowest BCUT2D eigenvalue weighted by Gasteiger charge is -2.23. The number of benzene rings is 1. The number of rotatable bonds is 6. The standard InChI is InChI=1S/C16H25NOS/c1-13(14-6-8-16(19-2)9-7-14)17-11-10-15-5-3-4-12-18-15/h6-9,13,15,17H,3-5,10-12H2,1-2H3. The van der Waals surface area contributed by atoms with Gasteiger partial charge in [-0.05, 0) is 63.1 Å². The first-order chi connectivity index (χ1) is 9.29. The van der Waals surface area contributed by atoms with Crippen LogP contribution in [0.15, 0.2) is 29.2 Å². The minimum absolute atomic E-state index is 0.416. The molecule has 1 aliphatic heterocycles. The summed E-state index contributed by atoms with van der Waals surface area (Å²) < 4.78 is 5.75. The van der Waals surface area contributed by atoms with E-state index in [-0.39, 0.29) is 0 Å². The van der Waals surface area contributed by atoms with Crippen LogP contribution in [0.5, 0.6) is 0 Å². The SMILES string of the molecule is CSc1ccc(C(C)NCCC2CCCCO2)cc1. The molecule has 0 radical (unpaired) electrons. The number of nitrogens with one attached hydrogen (secondary N) is 1. The molecule has 1 N–H and O–H groups in total. The van der Waals surface area contributed by atoms with Gasteiger partial charge in [-0.2, -0.15) is 0 Å². The van der Waals surface area contributed by atoms with Crippen molar-refractivity contribution < 1.29 is 4.74 Å². The van der Waals surface area contributed by atoms with E-state index in [1.807, 2.05) is 0 Å². The Hall–Kier alpha value is -0.510. The van der Waals surface area contributed by atoms with Crippen LogP contribution in [0.1, 0.15) is 44.2 Å². The highest BCUT2D eigenvalue weighted by atomic mass is 32.2. The largest absolute Gasteiger partial charge is 0.378 e. The van der Waals surface area contributed by atoms with Crippen molar-refractivity contribution in [2.45, 2.75) is 49.6 Å². The van der Waals surface area contributed by atoms with E-state index in [4.69, 9.17) is 4.74 Å². The van der Waals surface area contributed by atoms with E-state index in [9.17, 15) is 0 Å². The molecule has 1 heterocycles. The molecule has 0 saturated carbocycles. The van der Waals surface area contributed by atoms with Gasteiger partial charge in [0.1, 0.15) is 0 Å². The van der Waals surface area contributed by atoms with E-state index in [1.165, 1.54) is 29.7 Å². The van der Waals surface area contributed by atoms with Crippen molar-refractivity contribution in [1.82, 2.24) is 5.32 Å². The predicted octanol–water partition coefficient (Wildman–Crippen LogP) is 4.02. The van der Waals surface area contributed by atoms with Crippen LogP contribution < -0.4 is 5.32 Å². The molecule has 2 atom stereocenters. The van der Waals surface area contributed by atoms with Crippen LogP contribution in [-0.4, -0.2) is 25.5 Å². The Morgan fingerprint density at radius 2 is 2.11 bits per heavy atom. The lowest BCUT2D eigenvalue weighted by Crippen LogP contribution is -2.27. The van der Waals surface area contributed by atoms with Crippen LogP contribution in [0.4, 0.5) is 0 Å². The molecule has 2 nitrogen and oxygen atoms in total. The number of thioether (sulfide) groups is 1. The Labute approximate surface area is 121 Å². The summed E-state index contributed by atoms with van der Waals surface area (Å²) >= 11 is 1.79. The summed E-state index contributed by atoms with van der Waals surface area (Å²) in [4.78, 5) is 1.33. The lowest BCUT2D eigenvalue weighted by molar-refractivity contribution is 0.0112. The van der Waals surface area contributed by atoms with Gasteiger partial charge in [-0.25, -0.2) is 0 Å². The molecule has 0 aromatic heterocycles. The molecule has 0 bridgehead atoms. The van der Waals surface area contributed by atoms with Gasteiger partial charge in [0.25, 0.3) is 0 Å². The van der Waals surface area contributed by atoms with Crippen molar-refractivity contribution in [3.8, 4) is 0 Å². The molecule has 0 spiro atoms. The van der Waals surface area contributed by atoms with E-state index in [0.717, 1.165) is 19.6 Å². The monoisotopic (exact) mass is 279 g/mol. The van der Waals surface area contributed by atoms with Crippen LogP contribution in [0.25, 0.3) is 0 Å². The van der Waals surface area contributed by atoms with E-state index >= 15 is 0 Å². The molecule has 0 amide bonds. The van der Waals surface area contributed by atoms with Crippen LogP contribution >= 0.6 is 11.8 Å². The summed E-state index contributed by atoms with van der Waals surface area (Å²) in [7, 11) is 0. The smallest absolute Gasteiger partial charge is 0.0587 e.